The molecular weight excluding hydrogens is 426 g/mol. The van der Waals surface area contributed by atoms with Crippen LogP contribution in [0.2, 0.25) is 0 Å². The highest BCUT2D eigenvalue weighted by Gasteiger charge is 2.60. The number of nitro groups is 1. The number of fused-ring (bicyclic) bond motifs is 1. The highest BCUT2D eigenvalue weighted by Crippen LogP contribution is 2.49. The van der Waals surface area contributed by atoms with Crippen LogP contribution in [0.4, 0.5) is 17.1 Å². The third-order valence-corrected chi connectivity index (χ3v) is 5.90. The SMILES string of the molecule is COc1ccccc1[C@@H]1[C@@H]2C(=O)N(c3ccc([N+](=O)[O-])cc3)C(=O)[C@@H]2ON1c1ccccc1. The van der Waals surface area contributed by atoms with Crippen LogP contribution in [0.25, 0.3) is 0 Å². The average molecular weight is 445 g/mol. The maximum Gasteiger partial charge on any atom is 0.269 e. The summed E-state index contributed by atoms with van der Waals surface area (Å²) in [4.78, 5) is 44.5. The van der Waals surface area contributed by atoms with Crippen LogP contribution < -0.4 is 14.7 Å². The zero-order valence-corrected chi connectivity index (χ0v) is 17.5. The van der Waals surface area contributed by atoms with E-state index < -0.39 is 34.8 Å². The number of anilines is 2. The van der Waals surface area contributed by atoms with Gasteiger partial charge in [-0.2, -0.15) is 0 Å². The molecule has 5 rings (SSSR count). The smallest absolute Gasteiger partial charge is 0.269 e. The van der Waals surface area contributed by atoms with E-state index in [1.54, 1.807) is 18.2 Å². The van der Waals surface area contributed by atoms with Crippen molar-refractivity contribution in [1.29, 1.82) is 0 Å². The first-order chi connectivity index (χ1) is 16.0. The van der Waals surface area contributed by atoms with Crippen molar-refractivity contribution in [2.45, 2.75) is 12.1 Å². The van der Waals surface area contributed by atoms with Crippen molar-refractivity contribution in [3.63, 3.8) is 0 Å². The van der Waals surface area contributed by atoms with Gasteiger partial charge in [0.2, 0.25) is 5.91 Å². The summed E-state index contributed by atoms with van der Waals surface area (Å²) < 4.78 is 5.54. The van der Waals surface area contributed by atoms with E-state index in [1.165, 1.54) is 24.3 Å². The number of non-ortho nitro benzene ring substituents is 1. The molecule has 3 aromatic rings. The van der Waals surface area contributed by atoms with E-state index in [2.05, 4.69) is 0 Å². The molecule has 2 aliphatic rings. The Hall–Kier alpha value is -4.24. The van der Waals surface area contributed by atoms with E-state index >= 15 is 0 Å². The number of hydrogen-bond donors (Lipinski definition) is 0. The van der Waals surface area contributed by atoms with Crippen LogP contribution in [0, 0.1) is 16.0 Å². The first-order valence-electron chi connectivity index (χ1n) is 10.3. The van der Waals surface area contributed by atoms with Crippen molar-refractivity contribution in [1.82, 2.24) is 0 Å². The van der Waals surface area contributed by atoms with Crippen molar-refractivity contribution >= 4 is 28.9 Å². The molecule has 0 bridgehead atoms. The number of hydrogen-bond acceptors (Lipinski definition) is 7. The molecule has 0 N–H and O–H groups in total. The largest absolute Gasteiger partial charge is 0.496 e. The number of benzene rings is 3. The van der Waals surface area contributed by atoms with E-state index in [0.29, 0.717) is 17.0 Å². The molecule has 2 aliphatic heterocycles. The molecule has 0 aliphatic carbocycles. The zero-order chi connectivity index (χ0) is 23.1. The van der Waals surface area contributed by atoms with E-state index in [-0.39, 0.29) is 11.4 Å². The standard InChI is InChI=1S/C24H19N3O6/c1-32-19-10-6-5-9-18(19)21-20-22(33-26(21)16-7-3-2-4-8-16)24(29)25(23(20)28)15-11-13-17(14-12-15)27(30)31/h2-14,20-22H,1H3/t20-,21+,22+/m0/s1. The van der Waals surface area contributed by atoms with Gasteiger partial charge in [-0.3, -0.25) is 24.5 Å². The van der Waals surface area contributed by atoms with E-state index in [4.69, 9.17) is 9.57 Å². The second-order valence-electron chi connectivity index (χ2n) is 7.69. The lowest BCUT2D eigenvalue weighted by Gasteiger charge is -2.29. The maximum atomic E-state index is 13.6. The quantitative estimate of drug-likeness (QED) is 0.336. The van der Waals surface area contributed by atoms with Crippen molar-refractivity contribution < 1.29 is 24.1 Å². The average Bonchev–Trinajstić information content (AvgIpc) is 3.35. The Morgan fingerprint density at radius 1 is 0.879 bits per heavy atom. The lowest BCUT2D eigenvalue weighted by molar-refractivity contribution is -0.384. The number of nitrogens with zero attached hydrogens (tertiary/aromatic N) is 3. The molecule has 0 radical (unpaired) electrons. The number of para-hydroxylation sites is 2. The third-order valence-electron chi connectivity index (χ3n) is 5.90. The number of amides is 2. The summed E-state index contributed by atoms with van der Waals surface area (Å²) in [5.74, 6) is -1.21. The molecule has 166 valence electrons. The molecule has 2 heterocycles. The summed E-state index contributed by atoms with van der Waals surface area (Å²) in [7, 11) is 1.55. The molecule has 9 heteroatoms. The van der Waals surface area contributed by atoms with E-state index in [0.717, 1.165) is 4.90 Å². The monoisotopic (exact) mass is 445 g/mol. The summed E-state index contributed by atoms with van der Waals surface area (Å²) in [5.41, 5.74) is 1.54. The van der Waals surface area contributed by atoms with Crippen LogP contribution in [0.5, 0.6) is 5.75 Å². The van der Waals surface area contributed by atoms with Crippen molar-refractivity contribution in [3.05, 3.63) is 94.5 Å². The molecule has 0 spiro atoms. The van der Waals surface area contributed by atoms with Gasteiger partial charge in [-0.05, 0) is 30.3 Å². The minimum absolute atomic E-state index is 0.128. The Morgan fingerprint density at radius 2 is 1.55 bits per heavy atom. The van der Waals surface area contributed by atoms with Crippen LogP contribution in [-0.2, 0) is 14.4 Å². The number of hydroxylamine groups is 1. The van der Waals surface area contributed by atoms with Crippen molar-refractivity contribution in [3.8, 4) is 5.75 Å². The molecule has 0 aromatic heterocycles. The van der Waals surface area contributed by atoms with Crippen LogP contribution in [0.15, 0.2) is 78.9 Å². The number of nitro benzene ring substituents is 1. The second-order valence-corrected chi connectivity index (χ2v) is 7.69. The van der Waals surface area contributed by atoms with Gasteiger partial charge < -0.3 is 4.74 Å². The van der Waals surface area contributed by atoms with Crippen LogP contribution in [0.3, 0.4) is 0 Å². The summed E-state index contributed by atoms with van der Waals surface area (Å²) in [6.07, 6.45) is -1.04. The highest BCUT2D eigenvalue weighted by atomic mass is 16.7. The van der Waals surface area contributed by atoms with Crippen LogP contribution in [-0.4, -0.2) is 30.0 Å². The van der Waals surface area contributed by atoms with Gasteiger partial charge in [0.15, 0.2) is 6.10 Å². The van der Waals surface area contributed by atoms with Gasteiger partial charge in [0, 0.05) is 17.7 Å². The zero-order valence-electron chi connectivity index (χ0n) is 17.5. The number of methoxy groups -OCH3 is 1. The van der Waals surface area contributed by atoms with Crippen molar-refractivity contribution in [2.24, 2.45) is 5.92 Å². The molecule has 0 saturated carbocycles. The van der Waals surface area contributed by atoms with Gasteiger partial charge in [0.25, 0.3) is 11.6 Å². The normalized spacial score (nSPS) is 21.9. The van der Waals surface area contributed by atoms with Gasteiger partial charge in [-0.25, -0.2) is 9.96 Å². The fourth-order valence-corrected chi connectivity index (χ4v) is 4.42. The van der Waals surface area contributed by atoms with Crippen LogP contribution in [0.1, 0.15) is 11.6 Å². The molecule has 9 nitrogen and oxygen atoms in total. The predicted molar refractivity (Wildman–Crippen MR) is 119 cm³/mol. The van der Waals surface area contributed by atoms with Gasteiger partial charge in [0.05, 0.1) is 29.4 Å². The minimum atomic E-state index is -1.04. The Morgan fingerprint density at radius 3 is 2.21 bits per heavy atom. The summed E-state index contributed by atoms with van der Waals surface area (Å²) in [6.45, 7) is 0. The maximum absolute atomic E-state index is 13.6. The molecule has 2 saturated heterocycles. The van der Waals surface area contributed by atoms with E-state index in [1.807, 2.05) is 48.5 Å². The first-order valence-corrected chi connectivity index (χ1v) is 10.3. The Kier molecular flexibility index (Phi) is 5.02. The molecule has 2 fully saturated rings. The molecule has 0 unspecified atom stereocenters. The number of carbonyl (C=O) groups excluding carboxylic acids is 2. The minimum Gasteiger partial charge on any atom is -0.496 e. The fraction of sp³-hybridized carbons (Fsp3) is 0.167. The summed E-state index contributed by atoms with van der Waals surface area (Å²) >= 11 is 0. The van der Waals surface area contributed by atoms with Crippen molar-refractivity contribution in [2.75, 3.05) is 17.1 Å². The summed E-state index contributed by atoms with van der Waals surface area (Å²) in [5, 5.41) is 12.6. The number of rotatable bonds is 5. The first kappa shape index (κ1) is 20.7. The Labute approximate surface area is 188 Å². The Balaban J connectivity index is 1.58. The molecule has 3 atom stereocenters. The van der Waals surface area contributed by atoms with E-state index in [9.17, 15) is 19.7 Å². The lowest BCUT2D eigenvalue weighted by atomic mass is 9.90. The van der Waals surface area contributed by atoms with Gasteiger partial charge in [-0.15, -0.1) is 0 Å². The van der Waals surface area contributed by atoms with Gasteiger partial charge >= 0.3 is 0 Å². The topological polar surface area (TPSA) is 102 Å². The fourth-order valence-electron chi connectivity index (χ4n) is 4.42. The number of ether oxygens (including phenoxy) is 1. The molecule has 33 heavy (non-hydrogen) atoms. The second kappa shape index (κ2) is 8.03. The number of imide groups is 1. The highest BCUT2D eigenvalue weighted by molar-refractivity contribution is 6.24. The predicted octanol–water partition coefficient (Wildman–Crippen LogP) is 3.65. The van der Waals surface area contributed by atoms with Gasteiger partial charge in [0.1, 0.15) is 11.7 Å². The summed E-state index contributed by atoms with van der Waals surface area (Å²) in [6, 6.07) is 21.2. The molecule has 2 amide bonds. The third kappa shape index (κ3) is 3.30. The lowest BCUT2D eigenvalue weighted by Crippen LogP contribution is -2.37. The van der Waals surface area contributed by atoms with Crippen LogP contribution >= 0.6 is 0 Å². The number of carbonyl (C=O) groups is 2. The Bertz CT molecular complexity index is 1230. The van der Waals surface area contributed by atoms with Gasteiger partial charge in [-0.1, -0.05) is 36.4 Å². The molecule has 3 aromatic carbocycles. The molecular formula is C24H19N3O6.